The number of oxime groups is 1. The van der Waals surface area contributed by atoms with Gasteiger partial charge < -0.3 is 48.7 Å². The molecule has 3 aliphatic heterocycles. The van der Waals surface area contributed by atoms with Crippen LogP contribution in [-0.2, 0) is 35.1 Å². The van der Waals surface area contributed by atoms with E-state index in [-0.39, 0.29) is 49.7 Å². The molecule has 2 aromatic heterocycles. The fourth-order valence-corrected chi connectivity index (χ4v) is 9.00. The van der Waals surface area contributed by atoms with Crippen molar-refractivity contribution in [3.8, 4) is 5.82 Å². The summed E-state index contributed by atoms with van der Waals surface area (Å²) in [7, 11) is 3.92. The average Bonchev–Trinajstić information content (AvgIpc) is 3.68. The quantitative estimate of drug-likeness (QED) is 0.326. The van der Waals surface area contributed by atoms with Gasteiger partial charge in [0.05, 0.1) is 49.3 Å². The van der Waals surface area contributed by atoms with Crippen molar-refractivity contribution < 1.29 is 43.8 Å². The minimum absolute atomic E-state index is 0.0275. The minimum Gasteiger partial charge on any atom is -0.392 e. The highest BCUT2D eigenvalue weighted by Crippen LogP contribution is 2.41. The topological polar surface area (TPSA) is 162 Å². The number of hydrogen-bond donors (Lipinski definition) is 3. The third-order valence-electron chi connectivity index (χ3n) is 11.9. The molecule has 14 heteroatoms. The summed E-state index contributed by atoms with van der Waals surface area (Å²) in [5, 5.41) is 44.7. The minimum atomic E-state index is -1.45. The zero-order valence-corrected chi connectivity index (χ0v) is 34.6. The zero-order chi connectivity index (χ0) is 40.1. The largest absolute Gasteiger partial charge is 0.392 e. The lowest BCUT2D eigenvalue weighted by Crippen LogP contribution is -2.59. The highest BCUT2D eigenvalue weighted by atomic mass is 16.7. The van der Waals surface area contributed by atoms with E-state index in [0.717, 1.165) is 5.56 Å². The standard InChI is InChI=1S/C41H67N5O9/c1-11-33-41(8,49)38-29(6)35(47)27(4)19-40(7,37(26(3)17-25(2)21-50-33)55-39-36(48)32(45(9)10)18-28(5)54-39)52-24-31(23-51-38)44-53-22-30-13-14-34(42-20-30)46-16-12-15-43-46/h12-16,20,25-29,32-33,35-39,47-49H,11,17-19,21-24H2,1-10H3/b44-31-/t25-,26-,27-,28-,29-,32+,33-,35+,36-,37-,38?,39+,40-,41-/m1/s1. The number of likely N-dealkylation sites (N-methyl/N-ethyl adjacent to an activating group) is 1. The van der Waals surface area contributed by atoms with Gasteiger partial charge in [-0.05, 0) is 90.4 Å². The van der Waals surface area contributed by atoms with Gasteiger partial charge in [0.2, 0.25) is 0 Å². The van der Waals surface area contributed by atoms with Gasteiger partial charge in [0.15, 0.2) is 12.1 Å². The molecule has 0 radical (unpaired) electrons. The molecule has 2 aromatic rings. The van der Waals surface area contributed by atoms with E-state index < -0.39 is 53.9 Å². The van der Waals surface area contributed by atoms with Crippen LogP contribution in [0.3, 0.4) is 0 Å². The molecule has 310 valence electrons. The molecule has 2 bridgehead atoms. The molecule has 14 nitrogen and oxygen atoms in total. The van der Waals surface area contributed by atoms with E-state index in [9.17, 15) is 15.3 Å². The SMILES string of the molecule is CC[C@H]1OC[C@H](C)C[C@@H](C)[C@@H](O[C@@H]2O[C@H](C)C[C@H](N(C)C)[C@H]2O)[C@@]2(C)C[C@@H](C)[C@H](O)[C@@H](C)C(OC/C(=N/OCc3ccc(-n4cccn4)nc3)CO2)[C@]1(C)O. The molecule has 3 saturated heterocycles. The van der Waals surface area contributed by atoms with Crippen LogP contribution in [-0.4, -0.2) is 135 Å². The number of aromatic nitrogens is 3. The van der Waals surface area contributed by atoms with Crippen LogP contribution in [0.15, 0.2) is 41.9 Å². The first-order chi connectivity index (χ1) is 26.0. The van der Waals surface area contributed by atoms with Gasteiger partial charge in [0, 0.05) is 42.7 Å². The third kappa shape index (κ3) is 10.5. The molecular formula is C41H67N5O9. The zero-order valence-electron chi connectivity index (χ0n) is 34.6. The molecule has 0 amide bonds. The van der Waals surface area contributed by atoms with E-state index in [1.165, 1.54) is 0 Å². The maximum absolute atomic E-state index is 12.3. The lowest BCUT2D eigenvalue weighted by atomic mass is 9.73. The molecule has 1 unspecified atom stereocenters. The fourth-order valence-electron chi connectivity index (χ4n) is 9.00. The van der Waals surface area contributed by atoms with E-state index in [1.54, 1.807) is 24.0 Å². The van der Waals surface area contributed by atoms with Gasteiger partial charge in [0.1, 0.15) is 24.0 Å². The van der Waals surface area contributed by atoms with Crippen LogP contribution in [0.25, 0.3) is 5.82 Å². The summed E-state index contributed by atoms with van der Waals surface area (Å²) in [6, 6.07) is 5.45. The molecule has 3 fully saturated rings. The monoisotopic (exact) mass is 773 g/mol. The van der Waals surface area contributed by atoms with Gasteiger partial charge in [-0.25, -0.2) is 9.67 Å². The van der Waals surface area contributed by atoms with Crippen molar-refractivity contribution in [1.82, 2.24) is 19.7 Å². The van der Waals surface area contributed by atoms with Crippen molar-refractivity contribution in [2.24, 2.45) is 28.8 Å². The van der Waals surface area contributed by atoms with Crippen LogP contribution in [0, 0.1) is 23.7 Å². The van der Waals surface area contributed by atoms with Crippen LogP contribution in [0.2, 0.25) is 0 Å². The molecule has 3 aliphatic rings. The summed E-state index contributed by atoms with van der Waals surface area (Å²) in [6.45, 7) is 16.5. The predicted molar refractivity (Wildman–Crippen MR) is 208 cm³/mol. The summed E-state index contributed by atoms with van der Waals surface area (Å²) >= 11 is 0. The number of pyridine rings is 1. The number of hydrogen-bond acceptors (Lipinski definition) is 13. The van der Waals surface area contributed by atoms with Gasteiger partial charge >= 0.3 is 0 Å². The maximum Gasteiger partial charge on any atom is 0.185 e. The average molecular weight is 774 g/mol. The van der Waals surface area contributed by atoms with Gasteiger partial charge in [-0.2, -0.15) is 5.10 Å². The fraction of sp³-hybridized carbons (Fsp3) is 0.780. The first kappa shape index (κ1) is 43.6. The second kappa shape index (κ2) is 18.8. The molecule has 5 rings (SSSR count). The lowest BCUT2D eigenvalue weighted by Gasteiger charge is -2.48. The first-order valence-corrected chi connectivity index (χ1v) is 20.1. The second-order valence-electron chi connectivity index (χ2n) is 17.2. The molecule has 0 spiro atoms. The number of aliphatic hydroxyl groups excluding tert-OH is 2. The van der Waals surface area contributed by atoms with Gasteiger partial charge in [0.25, 0.3) is 0 Å². The molecule has 0 saturated carbocycles. The Morgan fingerprint density at radius 2 is 1.78 bits per heavy atom. The Morgan fingerprint density at radius 3 is 2.44 bits per heavy atom. The highest BCUT2D eigenvalue weighted by molar-refractivity contribution is 5.86. The molecule has 14 atom stereocenters. The Morgan fingerprint density at radius 1 is 1.02 bits per heavy atom. The predicted octanol–water partition coefficient (Wildman–Crippen LogP) is 4.37. The van der Waals surface area contributed by atoms with Crippen LogP contribution in [0.1, 0.15) is 86.6 Å². The number of nitrogens with zero attached hydrogens (tertiary/aromatic N) is 5. The van der Waals surface area contributed by atoms with E-state index in [1.807, 2.05) is 78.0 Å². The summed E-state index contributed by atoms with van der Waals surface area (Å²) in [4.78, 5) is 12.4. The van der Waals surface area contributed by atoms with Gasteiger partial charge in [-0.15, -0.1) is 0 Å². The molecule has 0 aliphatic carbocycles. The Kier molecular flexibility index (Phi) is 14.9. The Hall–Kier alpha value is -2.53. The number of ether oxygens (including phenoxy) is 5. The Labute approximate surface area is 327 Å². The highest BCUT2D eigenvalue weighted by Gasteiger charge is 2.51. The normalized spacial score (nSPS) is 40.7. The number of fused-ring (bicyclic) bond motifs is 5. The summed E-state index contributed by atoms with van der Waals surface area (Å²) in [6.07, 6.45) is 2.82. The molecule has 0 aromatic carbocycles. The van der Waals surface area contributed by atoms with E-state index in [2.05, 4.69) is 29.1 Å². The van der Waals surface area contributed by atoms with Crippen LogP contribution in [0.4, 0.5) is 0 Å². The van der Waals surface area contributed by atoms with Crippen LogP contribution in [0.5, 0.6) is 0 Å². The van der Waals surface area contributed by atoms with Crippen molar-refractivity contribution in [3.05, 3.63) is 42.4 Å². The van der Waals surface area contributed by atoms with Gasteiger partial charge in [-0.1, -0.05) is 45.8 Å². The van der Waals surface area contributed by atoms with Crippen molar-refractivity contribution in [1.29, 1.82) is 0 Å². The van der Waals surface area contributed by atoms with Crippen LogP contribution < -0.4 is 0 Å². The summed E-state index contributed by atoms with van der Waals surface area (Å²) in [5.74, 6) is -0.122. The van der Waals surface area contributed by atoms with E-state index >= 15 is 0 Å². The summed E-state index contributed by atoms with van der Waals surface area (Å²) in [5.41, 5.74) is -1.17. The molecule has 5 heterocycles. The lowest BCUT2D eigenvalue weighted by molar-refractivity contribution is -0.299. The second-order valence-corrected chi connectivity index (χ2v) is 17.2. The van der Waals surface area contributed by atoms with Crippen molar-refractivity contribution in [3.63, 3.8) is 0 Å². The molecular weight excluding hydrogens is 706 g/mol. The van der Waals surface area contributed by atoms with E-state index in [4.69, 9.17) is 28.5 Å². The Bertz CT molecular complexity index is 1490. The smallest absolute Gasteiger partial charge is 0.185 e. The first-order valence-electron chi connectivity index (χ1n) is 20.1. The Balaban J connectivity index is 1.52. The van der Waals surface area contributed by atoms with Gasteiger partial charge in [-0.3, -0.25) is 0 Å². The van der Waals surface area contributed by atoms with Crippen molar-refractivity contribution in [2.45, 2.75) is 148 Å². The number of rotatable bonds is 8. The maximum atomic E-state index is 12.3. The van der Waals surface area contributed by atoms with Crippen molar-refractivity contribution in [2.75, 3.05) is 33.9 Å². The molecule has 55 heavy (non-hydrogen) atoms. The molecule has 3 N–H and O–H groups in total. The van der Waals surface area contributed by atoms with Crippen LogP contribution >= 0.6 is 0 Å². The summed E-state index contributed by atoms with van der Waals surface area (Å²) < 4.78 is 35.0. The van der Waals surface area contributed by atoms with E-state index in [0.29, 0.717) is 43.8 Å². The third-order valence-corrected chi connectivity index (χ3v) is 11.9. The van der Waals surface area contributed by atoms with Crippen molar-refractivity contribution >= 4 is 5.71 Å². The number of aliphatic hydroxyl groups is 3.